The molecule has 0 fully saturated rings. The average molecular weight is 504 g/mol. The predicted octanol–water partition coefficient (Wildman–Crippen LogP) is 4.20. The first-order chi connectivity index (χ1) is 17.6. The molecule has 1 aromatic heterocycles. The minimum atomic E-state index is -0.283. The molecule has 3 aromatic carbocycles. The highest BCUT2D eigenvalue weighted by atomic mass is 32.2. The number of ether oxygens (including phenoxy) is 3. The second-order valence-corrected chi connectivity index (χ2v) is 8.34. The Morgan fingerprint density at radius 3 is 2.36 bits per heavy atom. The molecule has 184 valence electrons. The van der Waals surface area contributed by atoms with E-state index in [1.807, 2.05) is 59.2 Å². The Morgan fingerprint density at radius 1 is 0.944 bits per heavy atom. The Balaban J connectivity index is 1.48. The number of benzene rings is 3. The molecule has 0 unspecified atom stereocenters. The number of aromatic nitrogens is 3. The third-order valence-corrected chi connectivity index (χ3v) is 6.09. The fourth-order valence-corrected chi connectivity index (χ4v) is 4.11. The van der Waals surface area contributed by atoms with Crippen LogP contribution in [-0.2, 0) is 4.79 Å². The van der Waals surface area contributed by atoms with Crippen molar-refractivity contribution in [3.8, 4) is 34.3 Å². The highest BCUT2D eigenvalue weighted by Gasteiger charge is 2.17. The zero-order valence-corrected chi connectivity index (χ0v) is 20.9. The molecule has 4 aromatic rings. The number of carbonyl (C=O) groups is 1. The summed E-state index contributed by atoms with van der Waals surface area (Å²) in [5.41, 5.74) is 5.02. The molecule has 9 nitrogen and oxygen atoms in total. The minimum Gasteiger partial charge on any atom is -0.497 e. The summed E-state index contributed by atoms with van der Waals surface area (Å²) >= 11 is 1.27. The van der Waals surface area contributed by atoms with E-state index in [-0.39, 0.29) is 11.7 Å². The lowest BCUT2D eigenvalue weighted by molar-refractivity contribution is -0.118. The van der Waals surface area contributed by atoms with Crippen LogP contribution < -0.4 is 19.6 Å². The Labute approximate surface area is 213 Å². The second-order valence-electron chi connectivity index (χ2n) is 7.40. The molecule has 0 spiro atoms. The third-order valence-electron chi connectivity index (χ3n) is 5.16. The van der Waals surface area contributed by atoms with Gasteiger partial charge in [-0.2, -0.15) is 5.10 Å². The molecule has 36 heavy (non-hydrogen) atoms. The molecule has 0 saturated carbocycles. The monoisotopic (exact) mass is 503 g/mol. The van der Waals surface area contributed by atoms with Crippen LogP contribution in [0.4, 0.5) is 0 Å². The molecule has 10 heteroatoms. The van der Waals surface area contributed by atoms with Crippen molar-refractivity contribution in [2.24, 2.45) is 5.10 Å². The van der Waals surface area contributed by atoms with Crippen LogP contribution in [0, 0.1) is 0 Å². The highest BCUT2D eigenvalue weighted by molar-refractivity contribution is 7.99. The lowest BCUT2D eigenvalue weighted by Gasteiger charge is -2.11. The standard InChI is InChI=1S/C26H25N5O4S/c1-33-21-13-10-20(11-14-21)31-25(18-7-5-4-6-8-18)29-30-26(31)36-17-24(32)28-27-16-19-9-12-22(34-2)15-23(19)35-3/h4-16H,17H2,1-3H3,(H,28,32)/b27-16-. The second kappa shape index (κ2) is 11.9. The molecular weight excluding hydrogens is 478 g/mol. The fraction of sp³-hybridized carbons (Fsp3) is 0.154. The van der Waals surface area contributed by atoms with E-state index in [1.165, 1.54) is 18.0 Å². The van der Waals surface area contributed by atoms with Gasteiger partial charge in [0, 0.05) is 22.9 Å². The van der Waals surface area contributed by atoms with Crippen molar-refractivity contribution in [2.45, 2.75) is 5.16 Å². The number of thioether (sulfide) groups is 1. The maximum Gasteiger partial charge on any atom is 0.250 e. The predicted molar refractivity (Wildman–Crippen MR) is 139 cm³/mol. The molecule has 0 aliphatic rings. The molecule has 0 bridgehead atoms. The van der Waals surface area contributed by atoms with Crippen LogP contribution in [0.2, 0.25) is 0 Å². The van der Waals surface area contributed by atoms with Gasteiger partial charge >= 0.3 is 0 Å². The molecule has 1 amide bonds. The van der Waals surface area contributed by atoms with Crippen molar-refractivity contribution < 1.29 is 19.0 Å². The molecule has 4 rings (SSSR count). The first-order valence-corrected chi connectivity index (χ1v) is 11.9. The summed E-state index contributed by atoms with van der Waals surface area (Å²) < 4.78 is 17.7. The van der Waals surface area contributed by atoms with Crippen LogP contribution in [0.1, 0.15) is 5.56 Å². The van der Waals surface area contributed by atoms with E-state index in [2.05, 4.69) is 20.7 Å². The molecule has 0 radical (unpaired) electrons. The number of amides is 1. The van der Waals surface area contributed by atoms with E-state index >= 15 is 0 Å². The summed E-state index contributed by atoms with van der Waals surface area (Å²) in [6.07, 6.45) is 1.52. The van der Waals surface area contributed by atoms with Gasteiger partial charge in [0.2, 0.25) is 0 Å². The number of nitrogens with zero attached hydrogens (tertiary/aromatic N) is 4. The largest absolute Gasteiger partial charge is 0.497 e. The first-order valence-electron chi connectivity index (χ1n) is 10.9. The Kier molecular flexibility index (Phi) is 8.20. The normalized spacial score (nSPS) is 10.9. The van der Waals surface area contributed by atoms with Crippen molar-refractivity contribution in [1.82, 2.24) is 20.2 Å². The first kappa shape index (κ1) is 24.8. The van der Waals surface area contributed by atoms with Gasteiger partial charge in [0.05, 0.1) is 33.3 Å². The summed E-state index contributed by atoms with van der Waals surface area (Å²) in [5.74, 6) is 2.49. The van der Waals surface area contributed by atoms with E-state index in [9.17, 15) is 4.79 Å². The van der Waals surface area contributed by atoms with E-state index in [1.54, 1.807) is 39.5 Å². The van der Waals surface area contributed by atoms with Crippen LogP contribution in [0.3, 0.4) is 0 Å². The van der Waals surface area contributed by atoms with E-state index in [4.69, 9.17) is 14.2 Å². The number of methoxy groups -OCH3 is 3. The summed E-state index contributed by atoms with van der Waals surface area (Å²) in [6, 6.07) is 22.7. The number of nitrogens with one attached hydrogen (secondary N) is 1. The lowest BCUT2D eigenvalue weighted by atomic mass is 10.2. The quantitative estimate of drug-likeness (QED) is 0.197. The van der Waals surface area contributed by atoms with Crippen molar-refractivity contribution in [3.63, 3.8) is 0 Å². The zero-order valence-electron chi connectivity index (χ0n) is 20.0. The number of hydrogen-bond acceptors (Lipinski definition) is 8. The van der Waals surface area contributed by atoms with Crippen molar-refractivity contribution in [3.05, 3.63) is 78.4 Å². The molecule has 0 aliphatic carbocycles. The summed E-state index contributed by atoms with van der Waals surface area (Å²) in [6.45, 7) is 0. The van der Waals surface area contributed by atoms with Crippen LogP contribution in [0.5, 0.6) is 17.2 Å². The molecule has 0 saturated heterocycles. The van der Waals surface area contributed by atoms with Crippen LogP contribution in [-0.4, -0.2) is 54.0 Å². The van der Waals surface area contributed by atoms with Crippen LogP contribution >= 0.6 is 11.8 Å². The molecule has 0 aliphatic heterocycles. The third kappa shape index (κ3) is 5.84. The van der Waals surface area contributed by atoms with Crippen molar-refractivity contribution in [1.29, 1.82) is 0 Å². The fourth-order valence-electron chi connectivity index (χ4n) is 3.36. The van der Waals surface area contributed by atoms with Gasteiger partial charge in [-0.15, -0.1) is 10.2 Å². The van der Waals surface area contributed by atoms with E-state index in [0.717, 1.165) is 17.0 Å². The van der Waals surface area contributed by atoms with Crippen molar-refractivity contribution in [2.75, 3.05) is 27.1 Å². The Hall–Kier alpha value is -4.31. The maximum absolute atomic E-state index is 12.5. The van der Waals surface area contributed by atoms with Crippen LogP contribution in [0.15, 0.2) is 83.1 Å². The molecule has 1 heterocycles. The molecule has 0 atom stereocenters. The Bertz CT molecular complexity index is 1340. The maximum atomic E-state index is 12.5. The van der Waals surface area contributed by atoms with Gasteiger partial charge in [0.15, 0.2) is 11.0 Å². The lowest BCUT2D eigenvalue weighted by Crippen LogP contribution is -2.20. The minimum absolute atomic E-state index is 0.0974. The topological polar surface area (TPSA) is 99.9 Å². The zero-order chi connectivity index (χ0) is 25.3. The van der Waals surface area contributed by atoms with Crippen molar-refractivity contribution >= 4 is 23.9 Å². The summed E-state index contributed by atoms with van der Waals surface area (Å²) in [7, 11) is 4.76. The smallest absolute Gasteiger partial charge is 0.250 e. The SMILES string of the molecule is COc1ccc(-n2c(SCC(=O)N/N=C\c3ccc(OC)cc3OC)nnc2-c2ccccc2)cc1. The number of hydrogen-bond donors (Lipinski definition) is 1. The Morgan fingerprint density at radius 2 is 1.67 bits per heavy atom. The van der Waals surface area contributed by atoms with Gasteiger partial charge in [-0.05, 0) is 36.4 Å². The average Bonchev–Trinajstić information content (AvgIpc) is 3.36. The van der Waals surface area contributed by atoms with Gasteiger partial charge in [0.1, 0.15) is 17.2 Å². The molecule has 1 N–H and O–H groups in total. The number of rotatable bonds is 10. The van der Waals surface area contributed by atoms with Gasteiger partial charge in [-0.3, -0.25) is 9.36 Å². The van der Waals surface area contributed by atoms with Gasteiger partial charge in [0.25, 0.3) is 5.91 Å². The highest BCUT2D eigenvalue weighted by Crippen LogP contribution is 2.29. The van der Waals surface area contributed by atoms with Crippen LogP contribution in [0.25, 0.3) is 17.1 Å². The van der Waals surface area contributed by atoms with Gasteiger partial charge in [-0.25, -0.2) is 5.43 Å². The number of hydrazone groups is 1. The number of carbonyl (C=O) groups excluding carboxylic acids is 1. The van der Waals surface area contributed by atoms with E-state index < -0.39 is 0 Å². The summed E-state index contributed by atoms with van der Waals surface area (Å²) in [5, 5.41) is 13.4. The summed E-state index contributed by atoms with van der Waals surface area (Å²) in [4.78, 5) is 12.5. The van der Waals surface area contributed by atoms with E-state index in [0.29, 0.717) is 28.0 Å². The van der Waals surface area contributed by atoms with Gasteiger partial charge < -0.3 is 14.2 Å². The molecular formula is C26H25N5O4S. The van der Waals surface area contributed by atoms with Gasteiger partial charge in [-0.1, -0.05) is 42.1 Å².